The molecular formula is C16H19Cl2F2N5O3. The Morgan fingerprint density at radius 2 is 2.21 bits per heavy atom. The van der Waals surface area contributed by atoms with Crippen molar-refractivity contribution < 1.29 is 18.4 Å². The minimum Gasteiger partial charge on any atom is -0.472 e. The highest BCUT2D eigenvalue weighted by atomic mass is 35.5. The maximum absolute atomic E-state index is 13.5. The average Bonchev–Trinajstić information content (AvgIpc) is 3.14. The van der Waals surface area contributed by atoms with Crippen LogP contribution in [-0.4, -0.2) is 42.4 Å². The highest BCUT2D eigenvalue weighted by Gasteiger charge is 2.43. The number of aromatic nitrogens is 4. The quantitative estimate of drug-likeness (QED) is 0.277. The lowest BCUT2D eigenvalue weighted by atomic mass is 9.91. The lowest BCUT2D eigenvalue weighted by Gasteiger charge is -2.32. The van der Waals surface area contributed by atoms with Crippen LogP contribution in [0.4, 0.5) is 14.5 Å². The van der Waals surface area contributed by atoms with Crippen LogP contribution in [0, 0.1) is 17.0 Å². The van der Waals surface area contributed by atoms with Gasteiger partial charge in [0.25, 0.3) is 0 Å². The molecule has 0 bridgehead atoms. The van der Waals surface area contributed by atoms with Gasteiger partial charge in [-0.1, -0.05) is 11.6 Å². The zero-order valence-electron chi connectivity index (χ0n) is 15.0. The summed E-state index contributed by atoms with van der Waals surface area (Å²) in [6, 6.07) is 1.10. The molecule has 0 saturated heterocycles. The van der Waals surface area contributed by atoms with Crippen LogP contribution in [0.2, 0.25) is 5.15 Å². The predicted molar refractivity (Wildman–Crippen MR) is 98.4 cm³/mol. The van der Waals surface area contributed by atoms with Crippen LogP contribution in [-0.2, 0) is 6.54 Å². The number of ether oxygens (including phenoxy) is 1. The average molecular weight is 438 g/mol. The molecule has 0 aliphatic heterocycles. The standard InChI is InChI=1S/C16H19Cl2F2N5O3/c1-10-14(25(26)27)15(28-8-2-6-23-7-4-13(18)21-23)22-24(10)12-3-5-16(19,20)9-11(12)17/h4,7,11-12H,2-3,5-6,8-9H2,1H3. The molecule has 0 amide bonds. The van der Waals surface area contributed by atoms with E-state index in [1.165, 1.54) is 11.6 Å². The highest BCUT2D eigenvalue weighted by Crippen LogP contribution is 2.43. The number of hydrogen-bond donors (Lipinski definition) is 0. The molecule has 8 nitrogen and oxygen atoms in total. The van der Waals surface area contributed by atoms with Crippen LogP contribution in [0.3, 0.4) is 0 Å². The number of alkyl halides is 3. The van der Waals surface area contributed by atoms with E-state index in [9.17, 15) is 18.9 Å². The van der Waals surface area contributed by atoms with Gasteiger partial charge in [-0.05, 0) is 19.4 Å². The maximum Gasteiger partial charge on any atom is 0.352 e. The van der Waals surface area contributed by atoms with Crippen LogP contribution in [0.1, 0.15) is 37.4 Å². The third-order valence-electron chi connectivity index (χ3n) is 4.68. The van der Waals surface area contributed by atoms with E-state index in [2.05, 4.69) is 10.2 Å². The van der Waals surface area contributed by atoms with Gasteiger partial charge in [-0.25, -0.2) is 8.78 Å². The van der Waals surface area contributed by atoms with E-state index in [4.69, 9.17) is 27.9 Å². The van der Waals surface area contributed by atoms with Crippen LogP contribution in [0.5, 0.6) is 5.88 Å². The molecule has 2 aromatic rings. The molecular weight excluding hydrogens is 419 g/mol. The molecule has 0 spiro atoms. The molecule has 1 fully saturated rings. The van der Waals surface area contributed by atoms with Crippen LogP contribution in [0.25, 0.3) is 0 Å². The van der Waals surface area contributed by atoms with Crippen molar-refractivity contribution >= 4 is 28.9 Å². The van der Waals surface area contributed by atoms with E-state index in [0.29, 0.717) is 18.1 Å². The van der Waals surface area contributed by atoms with Gasteiger partial charge in [-0.2, -0.15) is 5.10 Å². The van der Waals surface area contributed by atoms with Crippen LogP contribution >= 0.6 is 23.2 Å². The Balaban J connectivity index is 1.70. The third-order valence-corrected chi connectivity index (χ3v) is 5.33. The molecule has 12 heteroatoms. The van der Waals surface area contributed by atoms with Crippen molar-refractivity contribution in [3.05, 3.63) is 33.2 Å². The summed E-state index contributed by atoms with van der Waals surface area (Å²) in [4.78, 5) is 10.9. The van der Waals surface area contributed by atoms with E-state index in [1.807, 2.05) is 0 Å². The van der Waals surface area contributed by atoms with Gasteiger partial charge in [0, 0.05) is 32.0 Å². The van der Waals surface area contributed by atoms with Gasteiger partial charge < -0.3 is 4.74 Å². The first-order valence-corrected chi connectivity index (χ1v) is 9.56. The maximum atomic E-state index is 13.5. The highest BCUT2D eigenvalue weighted by molar-refractivity contribution is 6.29. The predicted octanol–water partition coefficient (Wildman–Crippen LogP) is 4.39. The number of nitrogens with zero attached hydrogens (tertiary/aromatic N) is 5. The summed E-state index contributed by atoms with van der Waals surface area (Å²) < 4.78 is 35.6. The molecule has 0 aromatic carbocycles. The van der Waals surface area contributed by atoms with Crippen LogP contribution in [0.15, 0.2) is 12.3 Å². The molecule has 2 unspecified atom stereocenters. The first-order chi connectivity index (χ1) is 13.2. The van der Waals surface area contributed by atoms with Crippen molar-refractivity contribution in [2.24, 2.45) is 0 Å². The second-order valence-electron chi connectivity index (χ2n) is 6.73. The minimum atomic E-state index is -2.83. The molecule has 1 saturated carbocycles. The Kier molecular flexibility index (Phi) is 6.09. The zero-order valence-corrected chi connectivity index (χ0v) is 16.5. The summed E-state index contributed by atoms with van der Waals surface area (Å²) in [6.07, 6.45) is 1.49. The lowest BCUT2D eigenvalue weighted by molar-refractivity contribution is -0.386. The number of rotatable bonds is 7. The van der Waals surface area contributed by atoms with Crippen molar-refractivity contribution in [2.75, 3.05) is 6.61 Å². The van der Waals surface area contributed by atoms with Crippen molar-refractivity contribution in [1.82, 2.24) is 19.6 Å². The summed E-state index contributed by atoms with van der Waals surface area (Å²) in [6.45, 7) is 2.20. The SMILES string of the molecule is Cc1c([N+](=O)[O-])c(OCCCn2ccc(Cl)n2)nn1C1CCC(F)(F)CC1Cl. The number of nitro groups is 1. The molecule has 2 aromatic heterocycles. The Morgan fingerprint density at radius 1 is 1.46 bits per heavy atom. The van der Waals surface area contributed by atoms with Crippen molar-refractivity contribution in [2.45, 2.75) is 56.5 Å². The van der Waals surface area contributed by atoms with Gasteiger partial charge in [0.15, 0.2) is 5.15 Å². The van der Waals surface area contributed by atoms with Gasteiger partial charge in [-0.3, -0.25) is 19.5 Å². The summed E-state index contributed by atoms with van der Waals surface area (Å²) in [7, 11) is 0. The van der Waals surface area contributed by atoms with E-state index < -0.39 is 28.7 Å². The smallest absolute Gasteiger partial charge is 0.352 e. The first kappa shape index (κ1) is 20.8. The molecule has 0 radical (unpaired) electrons. The largest absolute Gasteiger partial charge is 0.472 e. The Bertz CT molecular complexity index is 857. The van der Waals surface area contributed by atoms with Crippen molar-refractivity contribution in [3.8, 4) is 5.88 Å². The Hall–Kier alpha value is -1.94. The summed E-state index contributed by atoms with van der Waals surface area (Å²) in [5, 5.41) is 19.2. The first-order valence-electron chi connectivity index (χ1n) is 8.75. The minimum absolute atomic E-state index is 0.0837. The number of hydrogen-bond acceptors (Lipinski definition) is 5. The molecule has 3 rings (SSSR count). The number of halogens is 4. The van der Waals surface area contributed by atoms with E-state index in [0.717, 1.165) is 0 Å². The molecule has 2 atom stereocenters. The van der Waals surface area contributed by atoms with E-state index >= 15 is 0 Å². The van der Waals surface area contributed by atoms with E-state index in [1.54, 1.807) is 16.9 Å². The fourth-order valence-electron chi connectivity index (χ4n) is 3.31. The molecule has 154 valence electrons. The van der Waals surface area contributed by atoms with Gasteiger partial charge >= 0.3 is 11.6 Å². The van der Waals surface area contributed by atoms with Crippen LogP contribution < -0.4 is 4.74 Å². The van der Waals surface area contributed by atoms with Gasteiger partial charge in [0.2, 0.25) is 5.92 Å². The molecule has 2 heterocycles. The fraction of sp³-hybridized carbons (Fsp3) is 0.625. The zero-order chi connectivity index (χ0) is 20.5. The van der Waals surface area contributed by atoms with E-state index in [-0.39, 0.29) is 36.7 Å². The number of aryl methyl sites for hydroxylation is 1. The lowest BCUT2D eigenvalue weighted by Crippen LogP contribution is -2.35. The second-order valence-corrected chi connectivity index (χ2v) is 7.67. The molecule has 28 heavy (non-hydrogen) atoms. The third kappa shape index (κ3) is 4.54. The van der Waals surface area contributed by atoms with Crippen molar-refractivity contribution in [1.29, 1.82) is 0 Å². The van der Waals surface area contributed by atoms with Crippen molar-refractivity contribution in [3.63, 3.8) is 0 Å². The fourth-order valence-corrected chi connectivity index (χ4v) is 3.92. The molecule has 1 aliphatic rings. The normalized spacial score (nSPS) is 21.6. The van der Waals surface area contributed by atoms with Gasteiger partial charge in [0.05, 0.1) is 22.9 Å². The monoisotopic (exact) mass is 437 g/mol. The molecule has 0 N–H and O–H groups in total. The van der Waals surface area contributed by atoms with Gasteiger partial charge in [0.1, 0.15) is 5.69 Å². The Labute approximate surface area is 169 Å². The summed E-state index contributed by atoms with van der Waals surface area (Å²) in [5.74, 6) is -2.97. The molecule has 1 aliphatic carbocycles. The second kappa shape index (κ2) is 8.20. The summed E-state index contributed by atoms with van der Waals surface area (Å²) in [5.41, 5.74) is -0.0388. The van der Waals surface area contributed by atoms with Gasteiger partial charge in [-0.15, -0.1) is 16.7 Å². The summed E-state index contributed by atoms with van der Waals surface area (Å²) >= 11 is 11.9. The Morgan fingerprint density at radius 3 is 2.82 bits per heavy atom. The topological polar surface area (TPSA) is 88.0 Å².